The predicted octanol–water partition coefficient (Wildman–Crippen LogP) is 1.80. The molecule has 1 atom stereocenters. The van der Waals surface area contributed by atoms with Crippen LogP contribution in [0.4, 0.5) is 5.69 Å². The highest BCUT2D eigenvalue weighted by atomic mass is 16.5. The van der Waals surface area contributed by atoms with Gasteiger partial charge >= 0.3 is 5.97 Å². The fraction of sp³-hybridized carbons (Fsp3) is 0.400. The summed E-state index contributed by atoms with van der Waals surface area (Å²) in [7, 11) is 0. The lowest BCUT2D eigenvalue weighted by molar-refractivity contribution is -0.155. The molecule has 0 spiro atoms. The Labute approximate surface area is 164 Å². The minimum atomic E-state index is -1.02. The fourth-order valence-corrected chi connectivity index (χ4v) is 2.75. The van der Waals surface area contributed by atoms with Gasteiger partial charge in [-0.15, -0.1) is 0 Å². The summed E-state index contributed by atoms with van der Waals surface area (Å²) >= 11 is 0. The van der Waals surface area contributed by atoms with E-state index < -0.39 is 18.0 Å². The summed E-state index contributed by atoms with van der Waals surface area (Å²) in [5, 5.41) is 9.44. The van der Waals surface area contributed by atoms with E-state index in [4.69, 9.17) is 4.74 Å². The molecule has 0 saturated heterocycles. The molecule has 2 N–H and O–H groups in total. The number of para-hydroxylation sites is 1. The second-order valence-electron chi connectivity index (χ2n) is 6.75. The van der Waals surface area contributed by atoms with E-state index >= 15 is 0 Å². The standard InChI is InChI=1S/C20H26N4O4/c1-12-7-6-8-13(2)19(12)22-17(25)10-21-20(27)16(5)28-18(26)11-24-15(4)9-14(3)23-24/h6-9,16H,10-11H2,1-5H3,(H,21,27)(H,22,25). The van der Waals surface area contributed by atoms with Crippen molar-refractivity contribution in [3.05, 3.63) is 46.8 Å². The Kier molecular flexibility index (Phi) is 6.92. The summed E-state index contributed by atoms with van der Waals surface area (Å²) in [6.45, 7) is 8.61. The van der Waals surface area contributed by atoms with Gasteiger partial charge in [-0.3, -0.25) is 19.1 Å². The smallest absolute Gasteiger partial charge is 0.328 e. The molecule has 150 valence electrons. The Bertz CT molecular complexity index is 868. The Balaban J connectivity index is 1.81. The molecular weight excluding hydrogens is 360 g/mol. The quantitative estimate of drug-likeness (QED) is 0.707. The van der Waals surface area contributed by atoms with Crippen LogP contribution in [0.15, 0.2) is 24.3 Å². The molecule has 0 fully saturated rings. The molecule has 1 aromatic heterocycles. The first-order valence-electron chi connectivity index (χ1n) is 9.01. The van der Waals surface area contributed by atoms with E-state index in [1.54, 1.807) is 0 Å². The van der Waals surface area contributed by atoms with Crippen LogP contribution < -0.4 is 10.6 Å². The Morgan fingerprint density at radius 2 is 1.79 bits per heavy atom. The van der Waals surface area contributed by atoms with Crippen molar-refractivity contribution in [2.75, 3.05) is 11.9 Å². The summed E-state index contributed by atoms with van der Waals surface area (Å²) in [5.41, 5.74) is 4.23. The molecule has 0 radical (unpaired) electrons. The van der Waals surface area contributed by atoms with Crippen molar-refractivity contribution in [1.29, 1.82) is 0 Å². The van der Waals surface area contributed by atoms with Crippen molar-refractivity contribution < 1.29 is 19.1 Å². The third-order valence-electron chi connectivity index (χ3n) is 4.23. The Hall–Kier alpha value is -3.16. The number of amides is 2. The minimum absolute atomic E-state index is 0.0790. The Morgan fingerprint density at radius 3 is 2.36 bits per heavy atom. The summed E-state index contributed by atoms with van der Waals surface area (Å²) in [6, 6.07) is 7.54. The molecule has 0 saturated carbocycles. The van der Waals surface area contributed by atoms with Gasteiger partial charge in [0.2, 0.25) is 5.91 Å². The highest BCUT2D eigenvalue weighted by Gasteiger charge is 2.19. The van der Waals surface area contributed by atoms with Crippen LogP contribution in [-0.4, -0.2) is 40.2 Å². The topological polar surface area (TPSA) is 102 Å². The molecule has 1 aromatic carbocycles. The number of ether oxygens (including phenoxy) is 1. The van der Waals surface area contributed by atoms with Crippen LogP contribution in [0.1, 0.15) is 29.4 Å². The van der Waals surface area contributed by atoms with Crippen molar-refractivity contribution in [1.82, 2.24) is 15.1 Å². The first kappa shape index (κ1) is 21.1. The largest absolute Gasteiger partial charge is 0.451 e. The van der Waals surface area contributed by atoms with E-state index in [-0.39, 0.29) is 19.0 Å². The van der Waals surface area contributed by atoms with E-state index in [0.717, 1.165) is 28.2 Å². The molecular formula is C20H26N4O4. The first-order valence-corrected chi connectivity index (χ1v) is 9.01. The first-order chi connectivity index (χ1) is 13.2. The zero-order valence-corrected chi connectivity index (χ0v) is 16.8. The molecule has 28 heavy (non-hydrogen) atoms. The molecule has 2 aromatic rings. The second-order valence-corrected chi connectivity index (χ2v) is 6.75. The number of nitrogens with zero attached hydrogens (tertiary/aromatic N) is 2. The molecule has 1 unspecified atom stereocenters. The van der Waals surface area contributed by atoms with E-state index in [1.165, 1.54) is 11.6 Å². The normalized spacial score (nSPS) is 11.6. The van der Waals surface area contributed by atoms with Gasteiger partial charge in [-0.25, -0.2) is 0 Å². The lowest BCUT2D eigenvalue weighted by Crippen LogP contribution is -2.40. The zero-order valence-electron chi connectivity index (χ0n) is 16.8. The van der Waals surface area contributed by atoms with E-state index in [2.05, 4.69) is 15.7 Å². The zero-order chi connectivity index (χ0) is 20.8. The summed E-state index contributed by atoms with van der Waals surface area (Å²) in [5.74, 6) is -1.47. The third kappa shape index (κ3) is 5.67. The number of aryl methyl sites for hydroxylation is 4. The van der Waals surface area contributed by atoms with Crippen molar-refractivity contribution in [2.24, 2.45) is 0 Å². The molecule has 0 aliphatic rings. The maximum absolute atomic E-state index is 12.1. The summed E-state index contributed by atoms with van der Waals surface area (Å²) < 4.78 is 6.64. The van der Waals surface area contributed by atoms with Gasteiger partial charge in [0, 0.05) is 11.4 Å². The monoisotopic (exact) mass is 386 g/mol. The van der Waals surface area contributed by atoms with Crippen LogP contribution >= 0.6 is 0 Å². The van der Waals surface area contributed by atoms with Crippen LogP contribution in [0.3, 0.4) is 0 Å². The molecule has 8 heteroatoms. The lowest BCUT2D eigenvalue weighted by atomic mass is 10.1. The van der Waals surface area contributed by atoms with Gasteiger partial charge in [0.25, 0.3) is 5.91 Å². The van der Waals surface area contributed by atoms with Crippen molar-refractivity contribution in [3.63, 3.8) is 0 Å². The predicted molar refractivity (Wildman–Crippen MR) is 105 cm³/mol. The number of rotatable bonds is 7. The van der Waals surface area contributed by atoms with Gasteiger partial charge in [0.1, 0.15) is 6.54 Å². The number of esters is 1. The average Bonchev–Trinajstić information content (AvgIpc) is 2.93. The van der Waals surface area contributed by atoms with Gasteiger partial charge in [-0.1, -0.05) is 18.2 Å². The summed E-state index contributed by atoms with van der Waals surface area (Å²) in [6.07, 6.45) is -1.02. The maximum atomic E-state index is 12.1. The van der Waals surface area contributed by atoms with Gasteiger partial charge in [0.15, 0.2) is 6.10 Å². The molecule has 8 nitrogen and oxygen atoms in total. The molecule has 2 amide bonds. The van der Waals surface area contributed by atoms with Crippen LogP contribution in [-0.2, 0) is 25.7 Å². The molecule has 2 rings (SSSR count). The number of nitrogens with one attached hydrogen (secondary N) is 2. The highest BCUT2D eigenvalue weighted by molar-refractivity contribution is 5.96. The fourth-order valence-electron chi connectivity index (χ4n) is 2.75. The van der Waals surface area contributed by atoms with E-state index in [1.807, 2.05) is 52.0 Å². The van der Waals surface area contributed by atoms with Crippen LogP contribution in [0.2, 0.25) is 0 Å². The lowest BCUT2D eigenvalue weighted by Gasteiger charge is -2.15. The average molecular weight is 386 g/mol. The molecule has 0 aliphatic heterocycles. The number of carbonyl (C=O) groups excluding carboxylic acids is 3. The minimum Gasteiger partial charge on any atom is -0.451 e. The number of benzene rings is 1. The number of hydrogen-bond acceptors (Lipinski definition) is 5. The number of aromatic nitrogens is 2. The number of carbonyl (C=O) groups is 3. The van der Waals surface area contributed by atoms with Gasteiger partial charge in [-0.05, 0) is 51.8 Å². The van der Waals surface area contributed by atoms with Gasteiger partial charge in [0.05, 0.1) is 12.2 Å². The molecule has 0 aliphatic carbocycles. The number of anilines is 1. The van der Waals surface area contributed by atoms with Crippen LogP contribution in [0, 0.1) is 27.7 Å². The Morgan fingerprint density at radius 1 is 1.14 bits per heavy atom. The molecule has 1 heterocycles. The second kappa shape index (κ2) is 9.16. The highest BCUT2D eigenvalue weighted by Crippen LogP contribution is 2.18. The van der Waals surface area contributed by atoms with Crippen molar-refractivity contribution in [3.8, 4) is 0 Å². The van der Waals surface area contributed by atoms with Crippen LogP contribution in [0.25, 0.3) is 0 Å². The van der Waals surface area contributed by atoms with Crippen molar-refractivity contribution in [2.45, 2.75) is 47.3 Å². The SMILES string of the molecule is Cc1cc(C)n(CC(=O)OC(C)C(=O)NCC(=O)Nc2c(C)cccc2C)n1. The number of hydrogen-bond donors (Lipinski definition) is 2. The summed E-state index contributed by atoms with van der Waals surface area (Å²) in [4.78, 5) is 36.2. The molecule has 0 bridgehead atoms. The van der Waals surface area contributed by atoms with Gasteiger partial charge < -0.3 is 15.4 Å². The van der Waals surface area contributed by atoms with Gasteiger partial charge in [-0.2, -0.15) is 5.10 Å². The third-order valence-corrected chi connectivity index (χ3v) is 4.23. The van der Waals surface area contributed by atoms with Crippen molar-refractivity contribution >= 4 is 23.5 Å². The maximum Gasteiger partial charge on any atom is 0.328 e. The van der Waals surface area contributed by atoms with Crippen LogP contribution in [0.5, 0.6) is 0 Å². The van der Waals surface area contributed by atoms with E-state index in [9.17, 15) is 14.4 Å². The van der Waals surface area contributed by atoms with E-state index in [0.29, 0.717) is 0 Å².